The SMILES string of the molecule is CC.COC(=O)c1sc(CC(C)C)cc1N. The van der Waals surface area contributed by atoms with Gasteiger partial charge in [0, 0.05) is 4.88 Å². The first-order valence-electron chi connectivity index (χ1n) is 5.51. The predicted octanol–water partition coefficient (Wildman–Crippen LogP) is 3.34. The number of nitrogens with two attached hydrogens (primary N) is 1. The van der Waals surface area contributed by atoms with Gasteiger partial charge in [0.25, 0.3) is 0 Å². The van der Waals surface area contributed by atoms with Crippen molar-refractivity contribution in [3.8, 4) is 0 Å². The largest absolute Gasteiger partial charge is 0.465 e. The van der Waals surface area contributed by atoms with Gasteiger partial charge < -0.3 is 10.5 Å². The first-order valence-corrected chi connectivity index (χ1v) is 6.32. The van der Waals surface area contributed by atoms with Gasteiger partial charge in [-0.05, 0) is 18.4 Å². The van der Waals surface area contributed by atoms with Crippen LogP contribution in [0.2, 0.25) is 0 Å². The minimum atomic E-state index is -0.345. The maximum Gasteiger partial charge on any atom is 0.350 e. The Bertz CT molecular complexity index is 332. The second-order valence-electron chi connectivity index (χ2n) is 3.59. The molecule has 0 atom stereocenters. The van der Waals surface area contributed by atoms with E-state index in [0.29, 0.717) is 16.5 Å². The number of thiophene rings is 1. The summed E-state index contributed by atoms with van der Waals surface area (Å²) < 4.78 is 4.63. The number of carbonyl (C=O) groups excluding carboxylic acids is 1. The minimum Gasteiger partial charge on any atom is -0.465 e. The van der Waals surface area contributed by atoms with E-state index in [1.807, 2.05) is 19.9 Å². The zero-order chi connectivity index (χ0) is 12.7. The average molecular weight is 243 g/mol. The van der Waals surface area contributed by atoms with E-state index >= 15 is 0 Å². The van der Waals surface area contributed by atoms with Crippen molar-refractivity contribution in [3.63, 3.8) is 0 Å². The number of nitrogen functional groups attached to an aromatic ring is 1. The Balaban J connectivity index is 0.00000106. The van der Waals surface area contributed by atoms with Crippen LogP contribution in [0.25, 0.3) is 0 Å². The molecule has 0 spiro atoms. The molecule has 0 aliphatic heterocycles. The first kappa shape index (κ1) is 15.0. The van der Waals surface area contributed by atoms with E-state index in [2.05, 4.69) is 18.6 Å². The highest BCUT2D eigenvalue weighted by molar-refractivity contribution is 7.14. The van der Waals surface area contributed by atoms with Gasteiger partial charge in [-0.25, -0.2) is 4.79 Å². The molecule has 2 N–H and O–H groups in total. The quantitative estimate of drug-likeness (QED) is 0.828. The maximum absolute atomic E-state index is 11.2. The Morgan fingerprint density at radius 1 is 1.50 bits per heavy atom. The molecule has 3 nitrogen and oxygen atoms in total. The fourth-order valence-electron chi connectivity index (χ4n) is 1.21. The van der Waals surface area contributed by atoms with Gasteiger partial charge in [0.2, 0.25) is 0 Å². The van der Waals surface area contributed by atoms with Crippen LogP contribution in [0.4, 0.5) is 5.69 Å². The third kappa shape index (κ3) is 4.23. The molecule has 0 saturated heterocycles. The second-order valence-corrected chi connectivity index (χ2v) is 4.72. The number of anilines is 1. The third-order valence-electron chi connectivity index (χ3n) is 1.79. The van der Waals surface area contributed by atoms with E-state index in [4.69, 9.17) is 5.73 Å². The number of methoxy groups -OCH3 is 1. The molecule has 1 aromatic heterocycles. The summed E-state index contributed by atoms with van der Waals surface area (Å²) in [4.78, 5) is 12.9. The third-order valence-corrected chi connectivity index (χ3v) is 2.95. The fourth-order valence-corrected chi connectivity index (χ4v) is 2.42. The lowest BCUT2D eigenvalue weighted by atomic mass is 10.1. The smallest absolute Gasteiger partial charge is 0.350 e. The number of hydrogen-bond acceptors (Lipinski definition) is 4. The van der Waals surface area contributed by atoms with E-state index in [9.17, 15) is 4.79 Å². The van der Waals surface area contributed by atoms with E-state index in [1.54, 1.807) is 0 Å². The van der Waals surface area contributed by atoms with Crippen LogP contribution in [-0.2, 0) is 11.2 Å². The van der Waals surface area contributed by atoms with Crippen molar-refractivity contribution in [2.75, 3.05) is 12.8 Å². The van der Waals surface area contributed by atoms with Gasteiger partial charge in [0.1, 0.15) is 4.88 Å². The van der Waals surface area contributed by atoms with Gasteiger partial charge in [0.15, 0.2) is 0 Å². The minimum absolute atomic E-state index is 0.345. The lowest BCUT2D eigenvalue weighted by Crippen LogP contribution is -2.00. The molecule has 92 valence electrons. The molecule has 0 aromatic carbocycles. The number of hydrogen-bond donors (Lipinski definition) is 1. The molecule has 1 heterocycles. The highest BCUT2D eigenvalue weighted by Crippen LogP contribution is 2.27. The molecule has 0 radical (unpaired) electrons. The van der Waals surface area contributed by atoms with Gasteiger partial charge in [-0.2, -0.15) is 0 Å². The van der Waals surface area contributed by atoms with E-state index in [-0.39, 0.29) is 5.97 Å². The summed E-state index contributed by atoms with van der Waals surface area (Å²) in [6.45, 7) is 8.27. The zero-order valence-corrected chi connectivity index (χ0v) is 11.5. The molecule has 0 aliphatic rings. The van der Waals surface area contributed by atoms with Crippen molar-refractivity contribution >= 4 is 23.0 Å². The van der Waals surface area contributed by atoms with Crippen molar-refractivity contribution < 1.29 is 9.53 Å². The summed E-state index contributed by atoms with van der Waals surface area (Å²) in [5.74, 6) is 0.223. The summed E-state index contributed by atoms with van der Waals surface area (Å²) in [5, 5.41) is 0. The Kier molecular flexibility index (Phi) is 6.81. The summed E-state index contributed by atoms with van der Waals surface area (Å²) >= 11 is 1.42. The lowest BCUT2D eigenvalue weighted by Gasteiger charge is -1.99. The summed E-state index contributed by atoms with van der Waals surface area (Å²) in [5.41, 5.74) is 6.23. The standard InChI is InChI=1S/C10H15NO2S.C2H6/c1-6(2)4-7-5-8(11)9(14-7)10(12)13-3;1-2/h5-6H,4,11H2,1-3H3;1-2H3. The second kappa shape index (κ2) is 7.28. The van der Waals surface area contributed by atoms with Crippen molar-refractivity contribution in [1.82, 2.24) is 0 Å². The molecule has 0 bridgehead atoms. The van der Waals surface area contributed by atoms with Crippen molar-refractivity contribution in [3.05, 3.63) is 15.8 Å². The van der Waals surface area contributed by atoms with Gasteiger partial charge >= 0.3 is 5.97 Å². The molecular weight excluding hydrogens is 222 g/mol. The molecule has 0 fully saturated rings. The lowest BCUT2D eigenvalue weighted by molar-refractivity contribution is 0.0607. The highest BCUT2D eigenvalue weighted by atomic mass is 32.1. The van der Waals surface area contributed by atoms with Gasteiger partial charge in [-0.15, -0.1) is 11.3 Å². The Hall–Kier alpha value is -1.03. The normalized spacial score (nSPS) is 9.62. The monoisotopic (exact) mass is 243 g/mol. The molecule has 0 aliphatic carbocycles. The number of carbonyl (C=O) groups is 1. The first-order chi connectivity index (χ1) is 7.54. The van der Waals surface area contributed by atoms with E-state index < -0.39 is 0 Å². The molecule has 1 aromatic rings. The van der Waals surface area contributed by atoms with Crippen LogP contribution >= 0.6 is 11.3 Å². The molecule has 4 heteroatoms. The summed E-state index contributed by atoms with van der Waals surface area (Å²) in [6, 6.07) is 1.86. The van der Waals surface area contributed by atoms with Gasteiger partial charge in [-0.1, -0.05) is 27.7 Å². The van der Waals surface area contributed by atoms with Crippen molar-refractivity contribution in [2.45, 2.75) is 34.1 Å². The molecule has 0 saturated carbocycles. The molecular formula is C12H21NO2S. The van der Waals surface area contributed by atoms with Crippen molar-refractivity contribution in [1.29, 1.82) is 0 Å². The molecule has 16 heavy (non-hydrogen) atoms. The van der Waals surface area contributed by atoms with E-state index in [1.165, 1.54) is 18.4 Å². The van der Waals surface area contributed by atoms with Crippen LogP contribution in [0, 0.1) is 5.92 Å². The van der Waals surface area contributed by atoms with Crippen LogP contribution in [0.1, 0.15) is 42.2 Å². The topological polar surface area (TPSA) is 52.3 Å². The Morgan fingerprint density at radius 2 is 2.06 bits per heavy atom. The van der Waals surface area contributed by atoms with Crippen LogP contribution in [0.5, 0.6) is 0 Å². The fraction of sp³-hybridized carbons (Fsp3) is 0.583. The summed E-state index contributed by atoms with van der Waals surface area (Å²) in [6.07, 6.45) is 0.950. The highest BCUT2D eigenvalue weighted by Gasteiger charge is 2.14. The van der Waals surface area contributed by atoms with Crippen LogP contribution in [0.3, 0.4) is 0 Å². The molecule has 1 rings (SSSR count). The number of ether oxygens (including phenoxy) is 1. The van der Waals surface area contributed by atoms with Crippen LogP contribution < -0.4 is 5.73 Å². The van der Waals surface area contributed by atoms with E-state index in [0.717, 1.165) is 11.3 Å². The number of esters is 1. The summed E-state index contributed by atoms with van der Waals surface area (Å²) in [7, 11) is 1.36. The van der Waals surface area contributed by atoms with Gasteiger partial charge in [0.05, 0.1) is 12.8 Å². The van der Waals surface area contributed by atoms with Crippen LogP contribution in [-0.4, -0.2) is 13.1 Å². The Labute approximate surface area is 102 Å². The number of rotatable bonds is 3. The zero-order valence-electron chi connectivity index (χ0n) is 10.7. The Morgan fingerprint density at radius 3 is 2.50 bits per heavy atom. The maximum atomic E-state index is 11.2. The van der Waals surface area contributed by atoms with Crippen LogP contribution in [0.15, 0.2) is 6.07 Å². The molecule has 0 amide bonds. The predicted molar refractivity (Wildman–Crippen MR) is 70.0 cm³/mol. The van der Waals surface area contributed by atoms with Gasteiger partial charge in [-0.3, -0.25) is 0 Å². The van der Waals surface area contributed by atoms with Crippen molar-refractivity contribution in [2.24, 2.45) is 5.92 Å². The molecule has 0 unspecified atom stereocenters. The average Bonchev–Trinajstić information content (AvgIpc) is 2.60.